The number of nitrogens with zero attached hydrogens (tertiary/aromatic N) is 2. The van der Waals surface area contributed by atoms with E-state index in [2.05, 4.69) is 9.76 Å². The van der Waals surface area contributed by atoms with E-state index in [1.807, 2.05) is 31.2 Å². The van der Waals surface area contributed by atoms with E-state index in [4.69, 9.17) is 9.47 Å². The zero-order valence-electron chi connectivity index (χ0n) is 26.5. The summed E-state index contributed by atoms with van der Waals surface area (Å²) in [6.45, 7) is 4.70. The van der Waals surface area contributed by atoms with Gasteiger partial charge in [-0.15, -0.1) is 0 Å². The third kappa shape index (κ3) is 5.09. The molecule has 1 N–H and O–H groups in total. The third-order valence-corrected chi connectivity index (χ3v) is 9.92. The molecule has 5 aromatic rings. The fourth-order valence-corrected chi connectivity index (χ4v) is 7.49. The molecule has 0 aromatic heterocycles. The Kier molecular flexibility index (Phi) is 8.34. The molecule has 12 nitrogen and oxygen atoms in total. The van der Waals surface area contributed by atoms with Crippen LogP contribution < -0.4 is 5.48 Å². The van der Waals surface area contributed by atoms with E-state index in [1.165, 1.54) is 4.90 Å². The van der Waals surface area contributed by atoms with E-state index in [1.54, 1.807) is 31.2 Å². The number of ether oxygens (including phenoxy) is 2. The third-order valence-electron chi connectivity index (χ3n) is 8.88. The van der Waals surface area contributed by atoms with Crippen LogP contribution in [0.15, 0.2) is 48.5 Å². The first-order chi connectivity index (χ1) is 23.2. The van der Waals surface area contributed by atoms with Crippen LogP contribution in [0, 0.1) is 0 Å². The normalized spacial score (nSPS) is 15.0. The highest BCUT2D eigenvalue weighted by Crippen LogP contribution is 2.46. The van der Waals surface area contributed by atoms with Gasteiger partial charge in [0.25, 0.3) is 33.7 Å². The predicted octanol–water partition coefficient (Wildman–Crippen LogP) is 4.24. The van der Waals surface area contributed by atoms with E-state index in [0.29, 0.717) is 46.2 Å². The molecule has 0 unspecified atom stereocenters. The van der Waals surface area contributed by atoms with Crippen molar-refractivity contribution in [1.82, 2.24) is 15.3 Å². The maximum Gasteiger partial charge on any atom is 0.285 e. The Hall–Kier alpha value is -4.53. The molecular weight excluding hydrogens is 638 g/mol. The summed E-state index contributed by atoms with van der Waals surface area (Å²) in [6.07, 6.45) is 0.840. The lowest BCUT2D eigenvalue weighted by Crippen LogP contribution is -2.42. The van der Waals surface area contributed by atoms with Crippen molar-refractivity contribution in [1.29, 1.82) is 0 Å². The van der Waals surface area contributed by atoms with Crippen LogP contribution in [0.5, 0.6) is 0 Å². The van der Waals surface area contributed by atoms with Crippen LogP contribution in [0.25, 0.3) is 43.1 Å². The summed E-state index contributed by atoms with van der Waals surface area (Å²) in [7, 11) is -3.82. The van der Waals surface area contributed by atoms with Gasteiger partial charge in [-0.2, -0.15) is 18.2 Å². The van der Waals surface area contributed by atoms with Gasteiger partial charge >= 0.3 is 0 Å². The van der Waals surface area contributed by atoms with Crippen LogP contribution >= 0.6 is 0 Å². The summed E-state index contributed by atoms with van der Waals surface area (Å²) in [6, 6.07) is 14.3. The molecule has 248 valence electrons. The molecule has 0 fully saturated rings. The van der Waals surface area contributed by atoms with Gasteiger partial charge in [0.05, 0.1) is 32.9 Å². The number of carbonyl (C=O) groups is 4. The number of rotatable bonds is 14. The number of fused-ring (bicyclic) bond motifs is 2. The Bertz CT molecular complexity index is 2150. The van der Waals surface area contributed by atoms with Gasteiger partial charge in [0, 0.05) is 46.2 Å². The molecule has 0 saturated heterocycles. The van der Waals surface area contributed by atoms with Gasteiger partial charge in [-0.3, -0.25) is 29.0 Å². The topological polar surface area (TPSA) is 149 Å². The molecular formula is C35H33N3O9S. The fourth-order valence-electron chi connectivity index (χ4n) is 6.79. The average Bonchev–Trinajstić information content (AvgIpc) is 3.08. The number of amides is 4. The van der Waals surface area contributed by atoms with Crippen LogP contribution in [-0.4, -0.2) is 93.7 Å². The summed E-state index contributed by atoms with van der Waals surface area (Å²) in [5.74, 6) is -2.06. The number of hydrogen-bond donors (Lipinski definition) is 1. The second-order valence-electron chi connectivity index (χ2n) is 11.7. The fraction of sp³-hybridized carbons (Fsp3) is 0.314. The number of benzene rings is 5. The maximum atomic E-state index is 13.7. The Labute approximate surface area is 275 Å². The molecule has 2 aliphatic rings. The Morgan fingerprint density at radius 2 is 0.958 bits per heavy atom. The first-order valence-corrected chi connectivity index (χ1v) is 17.5. The first kappa shape index (κ1) is 32.0. The number of imide groups is 2. The van der Waals surface area contributed by atoms with Crippen LogP contribution in [-0.2, 0) is 23.9 Å². The van der Waals surface area contributed by atoms with E-state index in [0.717, 1.165) is 43.6 Å². The van der Waals surface area contributed by atoms with Crippen LogP contribution in [0.1, 0.15) is 61.7 Å². The molecule has 13 heteroatoms. The number of hydroxylamine groups is 1. The van der Waals surface area contributed by atoms with E-state index < -0.39 is 21.9 Å². The zero-order chi connectivity index (χ0) is 33.7. The minimum Gasteiger partial charge on any atom is -0.380 e. The second kappa shape index (κ2) is 12.5. The van der Waals surface area contributed by atoms with Crippen molar-refractivity contribution in [2.75, 3.05) is 51.8 Å². The molecule has 0 bridgehead atoms. The van der Waals surface area contributed by atoms with Crippen LogP contribution in [0.4, 0.5) is 0 Å². The van der Waals surface area contributed by atoms with E-state index >= 15 is 0 Å². The van der Waals surface area contributed by atoms with Gasteiger partial charge in [0.1, 0.15) is 5.75 Å². The quantitative estimate of drug-likeness (QED) is 0.0598. The molecule has 2 aliphatic heterocycles. The van der Waals surface area contributed by atoms with Gasteiger partial charge in [-0.1, -0.05) is 38.1 Å². The lowest BCUT2D eigenvalue weighted by Gasteiger charge is -2.30. The molecule has 48 heavy (non-hydrogen) atoms. The molecule has 0 saturated carbocycles. The second-order valence-corrected chi connectivity index (χ2v) is 13.4. The van der Waals surface area contributed by atoms with Crippen molar-refractivity contribution in [3.8, 4) is 0 Å². The number of carbonyl (C=O) groups excluding carboxylic acids is 4. The van der Waals surface area contributed by atoms with E-state index in [-0.39, 0.29) is 50.5 Å². The molecule has 0 spiro atoms. The monoisotopic (exact) mass is 671 g/mol. The van der Waals surface area contributed by atoms with Crippen molar-refractivity contribution < 1.29 is 41.4 Å². The predicted molar refractivity (Wildman–Crippen MR) is 179 cm³/mol. The highest BCUT2D eigenvalue weighted by atomic mass is 32.2. The van der Waals surface area contributed by atoms with Gasteiger partial charge in [0.15, 0.2) is 0 Å². The lowest BCUT2D eigenvalue weighted by molar-refractivity contribution is 0.0515. The van der Waals surface area contributed by atoms with Gasteiger partial charge in [-0.25, -0.2) is 0 Å². The lowest BCUT2D eigenvalue weighted by atomic mass is 9.82. The summed E-state index contributed by atoms with van der Waals surface area (Å²) in [5, 5.41) is 5.92. The largest absolute Gasteiger partial charge is 0.380 e. The van der Waals surface area contributed by atoms with Crippen LogP contribution in [0.3, 0.4) is 0 Å². The van der Waals surface area contributed by atoms with Crippen molar-refractivity contribution in [2.45, 2.75) is 20.3 Å². The highest BCUT2D eigenvalue weighted by Gasteiger charge is 2.36. The van der Waals surface area contributed by atoms with Gasteiger partial charge in [-0.05, 0) is 63.0 Å². The van der Waals surface area contributed by atoms with Gasteiger partial charge in [0.2, 0.25) is 0 Å². The van der Waals surface area contributed by atoms with Gasteiger partial charge < -0.3 is 9.47 Å². The average molecular weight is 672 g/mol. The summed E-state index contributed by atoms with van der Waals surface area (Å²) >= 11 is 0. The molecule has 4 amide bonds. The summed E-state index contributed by atoms with van der Waals surface area (Å²) in [4.78, 5) is 57.0. The molecule has 0 aliphatic carbocycles. The summed E-state index contributed by atoms with van der Waals surface area (Å²) < 4.78 is 39.3. The molecule has 0 atom stereocenters. The minimum absolute atomic E-state index is 0.0521. The standard InChI is InChI=1S/C35H33N3O9S/c1-3-15-45-16-13-37-32(39)24-9-5-20-22-7-11-26-31-27(12-8-23(29(22)31)21-6-10-25(33(37)40)30(24)28(20)21)35(42)38(34(26)41)14-17-46-18-19-48(43,44)47-36-4-2/h5-12,36H,3-4,13-19H2,1-2H3. The Morgan fingerprint density at radius 3 is 1.33 bits per heavy atom. The van der Waals surface area contributed by atoms with Crippen LogP contribution in [0.2, 0.25) is 0 Å². The maximum absolute atomic E-state index is 13.7. The first-order valence-electron chi connectivity index (χ1n) is 15.9. The van der Waals surface area contributed by atoms with Crippen molar-refractivity contribution in [3.63, 3.8) is 0 Å². The Morgan fingerprint density at radius 1 is 0.562 bits per heavy atom. The molecule has 5 aromatic carbocycles. The van der Waals surface area contributed by atoms with Crippen molar-refractivity contribution >= 4 is 76.8 Å². The zero-order valence-corrected chi connectivity index (χ0v) is 27.3. The minimum atomic E-state index is -3.82. The van der Waals surface area contributed by atoms with Crippen molar-refractivity contribution in [2.24, 2.45) is 0 Å². The van der Waals surface area contributed by atoms with E-state index in [9.17, 15) is 27.6 Å². The molecule has 2 heterocycles. The summed E-state index contributed by atoms with van der Waals surface area (Å²) in [5.41, 5.74) is 3.92. The Balaban J connectivity index is 1.23. The molecule has 7 rings (SSSR count). The number of nitrogens with one attached hydrogen (secondary N) is 1. The molecule has 0 radical (unpaired) electrons. The van der Waals surface area contributed by atoms with Crippen molar-refractivity contribution in [3.05, 3.63) is 70.8 Å². The SMILES string of the molecule is CCCOCCN1C(=O)c2ccc3c4ccc5c6c(ccc(c7ccc(c2c37)C1=O)c64)C(=O)N(CCOCCS(=O)(=O)ONCC)C5=O. The smallest absolute Gasteiger partial charge is 0.285 e. The highest BCUT2D eigenvalue weighted by molar-refractivity contribution is 7.86. The number of hydrogen-bond acceptors (Lipinski definition) is 10.